The molecule has 0 amide bonds. The second kappa shape index (κ2) is 4.09. The van der Waals surface area contributed by atoms with Gasteiger partial charge in [0.25, 0.3) is 0 Å². The van der Waals surface area contributed by atoms with Crippen LogP contribution in [0.5, 0.6) is 0 Å². The van der Waals surface area contributed by atoms with Crippen LogP contribution in [-0.4, -0.2) is 24.1 Å². The summed E-state index contributed by atoms with van der Waals surface area (Å²) in [5.74, 6) is 0.765. The fraction of sp³-hybridized carbons (Fsp3) is 0.167. The van der Waals surface area contributed by atoms with Crippen molar-refractivity contribution in [1.82, 2.24) is 9.97 Å². The average molecular weight is 261 g/mol. The molecule has 0 atom stereocenters. The molecule has 0 aromatic carbocycles. The molecule has 3 aromatic rings. The topological polar surface area (TPSA) is 29.0 Å². The van der Waals surface area contributed by atoms with E-state index in [1.165, 1.54) is 5.56 Å². The van der Waals surface area contributed by atoms with Crippen LogP contribution < -0.4 is 4.90 Å². The fourth-order valence-corrected chi connectivity index (χ4v) is 3.06. The summed E-state index contributed by atoms with van der Waals surface area (Å²) in [6, 6.07) is 4.19. The molecule has 3 rings (SSSR count). The first kappa shape index (κ1) is 10.7. The molecule has 3 nitrogen and oxygen atoms in total. The average Bonchev–Trinajstić information content (AvgIpc) is 2.98. The molecular formula is C12H11N3S2. The standard InChI is InChI=1S/C12H11N3S2/c1-15(2)12-13-10(8-3-5-16-7-8)9-4-6-17-11(9)14-12/h3-7H,1-2H3. The predicted octanol–water partition coefficient (Wildman–Crippen LogP) is 3.49. The van der Waals surface area contributed by atoms with Gasteiger partial charge in [-0.05, 0) is 22.9 Å². The van der Waals surface area contributed by atoms with E-state index >= 15 is 0 Å². The summed E-state index contributed by atoms with van der Waals surface area (Å²) < 4.78 is 0. The number of anilines is 1. The minimum Gasteiger partial charge on any atom is -0.347 e. The molecule has 0 bridgehead atoms. The summed E-state index contributed by atoms with van der Waals surface area (Å²) >= 11 is 3.35. The molecule has 5 heteroatoms. The molecule has 0 saturated carbocycles. The molecule has 17 heavy (non-hydrogen) atoms. The monoisotopic (exact) mass is 261 g/mol. The largest absolute Gasteiger partial charge is 0.347 e. The predicted molar refractivity (Wildman–Crippen MR) is 75.1 cm³/mol. The molecule has 0 spiro atoms. The molecule has 0 saturated heterocycles. The van der Waals surface area contributed by atoms with E-state index in [-0.39, 0.29) is 0 Å². The van der Waals surface area contributed by atoms with Gasteiger partial charge < -0.3 is 4.90 Å². The lowest BCUT2D eigenvalue weighted by molar-refractivity contribution is 1.02. The van der Waals surface area contributed by atoms with Gasteiger partial charge in [-0.1, -0.05) is 0 Å². The van der Waals surface area contributed by atoms with Crippen molar-refractivity contribution < 1.29 is 0 Å². The minimum atomic E-state index is 0.765. The Hall–Kier alpha value is -1.46. The highest BCUT2D eigenvalue weighted by Gasteiger charge is 2.11. The van der Waals surface area contributed by atoms with Crippen molar-refractivity contribution in [3.05, 3.63) is 28.3 Å². The van der Waals surface area contributed by atoms with Crippen LogP contribution in [0.2, 0.25) is 0 Å². The van der Waals surface area contributed by atoms with Gasteiger partial charge in [0.2, 0.25) is 5.95 Å². The molecule has 0 radical (unpaired) electrons. The summed E-state index contributed by atoms with van der Waals surface area (Å²) in [7, 11) is 3.93. The Labute approximate surface area is 107 Å². The number of aromatic nitrogens is 2. The Morgan fingerprint density at radius 1 is 1.12 bits per heavy atom. The van der Waals surface area contributed by atoms with E-state index in [0.717, 1.165) is 21.9 Å². The maximum absolute atomic E-state index is 4.64. The van der Waals surface area contributed by atoms with Gasteiger partial charge in [-0.3, -0.25) is 0 Å². The summed E-state index contributed by atoms with van der Waals surface area (Å²) in [5, 5.41) is 7.40. The summed E-state index contributed by atoms with van der Waals surface area (Å²) in [6.45, 7) is 0. The lowest BCUT2D eigenvalue weighted by Gasteiger charge is -2.11. The third-order valence-corrected chi connectivity index (χ3v) is 4.00. The zero-order chi connectivity index (χ0) is 11.8. The normalized spacial score (nSPS) is 10.9. The second-order valence-corrected chi connectivity index (χ2v) is 5.59. The maximum Gasteiger partial charge on any atom is 0.226 e. The first-order valence-electron chi connectivity index (χ1n) is 5.21. The number of thiophene rings is 2. The van der Waals surface area contributed by atoms with Crippen LogP contribution in [0.1, 0.15) is 0 Å². The molecule has 0 aliphatic rings. The fourth-order valence-electron chi connectivity index (χ4n) is 1.66. The van der Waals surface area contributed by atoms with Gasteiger partial charge in [0.15, 0.2) is 0 Å². The number of rotatable bonds is 2. The SMILES string of the molecule is CN(C)c1nc(-c2ccsc2)c2ccsc2n1. The highest BCUT2D eigenvalue weighted by molar-refractivity contribution is 7.16. The summed E-state index contributed by atoms with van der Waals surface area (Å²) in [4.78, 5) is 12.2. The Morgan fingerprint density at radius 3 is 2.71 bits per heavy atom. The van der Waals surface area contributed by atoms with E-state index < -0.39 is 0 Å². The van der Waals surface area contributed by atoms with Crippen molar-refractivity contribution in [1.29, 1.82) is 0 Å². The van der Waals surface area contributed by atoms with Gasteiger partial charge in [-0.25, -0.2) is 9.97 Å². The Balaban J connectivity index is 2.31. The van der Waals surface area contributed by atoms with E-state index in [0.29, 0.717) is 0 Å². The van der Waals surface area contributed by atoms with Crippen molar-refractivity contribution in [3.8, 4) is 11.3 Å². The molecule has 0 unspecified atom stereocenters. The van der Waals surface area contributed by atoms with Crippen LogP contribution in [0.15, 0.2) is 28.3 Å². The van der Waals surface area contributed by atoms with Crippen LogP contribution in [0, 0.1) is 0 Å². The highest BCUT2D eigenvalue weighted by Crippen LogP contribution is 2.31. The smallest absolute Gasteiger partial charge is 0.226 e. The first-order chi connectivity index (χ1) is 8.25. The number of fused-ring (bicyclic) bond motifs is 1. The van der Waals surface area contributed by atoms with Crippen LogP contribution in [0.4, 0.5) is 5.95 Å². The van der Waals surface area contributed by atoms with Crippen molar-refractivity contribution in [3.63, 3.8) is 0 Å². The summed E-state index contributed by atoms with van der Waals surface area (Å²) in [5.41, 5.74) is 2.20. The zero-order valence-electron chi connectivity index (χ0n) is 9.54. The third-order valence-electron chi connectivity index (χ3n) is 2.51. The minimum absolute atomic E-state index is 0.765. The zero-order valence-corrected chi connectivity index (χ0v) is 11.2. The number of hydrogen-bond acceptors (Lipinski definition) is 5. The molecule has 3 heterocycles. The molecule has 0 aliphatic carbocycles. The Bertz CT molecular complexity index is 641. The highest BCUT2D eigenvalue weighted by atomic mass is 32.1. The third kappa shape index (κ3) is 1.81. The molecule has 0 aliphatic heterocycles. The Kier molecular flexibility index (Phi) is 2.57. The van der Waals surface area contributed by atoms with E-state index in [1.807, 2.05) is 19.0 Å². The quantitative estimate of drug-likeness (QED) is 0.707. The van der Waals surface area contributed by atoms with Gasteiger partial charge in [-0.15, -0.1) is 11.3 Å². The van der Waals surface area contributed by atoms with Gasteiger partial charge in [0, 0.05) is 30.4 Å². The molecule has 86 valence electrons. The molecular weight excluding hydrogens is 250 g/mol. The maximum atomic E-state index is 4.64. The van der Waals surface area contributed by atoms with E-state index in [1.54, 1.807) is 22.7 Å². The summed E-state index contributed by atoms with van der Waals surface area (Å²) in [6.07, 6.45) is 0. The van der Waals surface area contributed by atoms with E-state index in [9.17, 15) is 0 Å². The van der Waals surface area contributed by atoms with Crippen molar-refractivity contribution in [2.75, 3.05) is 19.0 Å². The van der Waals surface area contributed by atoms with E-state index in [4.69, 9.17) is 0 Å². The van der Waals surface area contributed by atoms with Crippen LogP contribution in [0.25, 0.3) is 21.5 Å². The Morgan fingerprint density at radius 2 is 2.00 bits per heavy atom. The molecule has 3 aromatic heterocycles. The second-order valence-electron chi connectivity index (χ2n) is 3.92. The number of hydrogen-bond donors (Lipinski definition) is 0. The molecule has 0 N–H and O–H groups in total. The van der Waals surface area contributed by atoms with Crippen LogP contribution in [-0.2, 0) is 0 Å². The number of nitrogens with zero attached hydrogens (tertiary/aromatic N) is 3. The lowest BCUT2D eigenvalue weighted by Crippen LogP contribution is -2.12. The first-order valence-corrected chi connectivity index (χ1v) is 7.03. The van der Waals surface area contributed by atoms with E-state index in [2.05, 4.69) is 38.2 Å². The van der Waals surface area contributed by atoms with Gasteiger partial charge in [0.1, 0.15) is 4.83 Å². The van der Waals surface area contributed by atoms with Gasteiger partial charge in [-0.2, -0.15) is 11.3 Å². The van der Waals surface area contributed by atoms with Gasteiger partial charge in [0.05, 0.1) is 5.69 Å². The lowest BCUT2D eigenvalue weighted by atomic mass is 10.2. The van der Waals surface area contributed by atoms with Crippen molar-refractivity contribution >= 4 is 38.8 Å². The van der Waals surface area contributed by atoms with Crippen LogP contribution in [0.3, 0.4) is 0 Å². The molecule has 0 fully saturated rings. The van der Waals surface area contributed by atoms with Crippen LogP contribution >= 0.6 is 22.7 Å². The van der Waals surface area contributed by atoms with Crippen molar-refractivity contribution in [2.24, 2.45) is 0 Å². The van der Waals surface area contributed by atoms with Crippen molar-refractivity contribution in [2.45, 2.75) is 0 Å². The van der Waals surface area contributed by atoms with Gasteiger partial charge >= 0.3 is 0 Å².